The molecule has 0 bridgehead atoms. The van der Waals surface area contributed by atoms with E-state index in [0.717, 1.165) is 62.9 Å². The molecule has 168 valence electrons. The van der Waals surface area contributed by atoms with Gasteiger partial charge in [-0.3, -0.25) is 4.90 Å². The summed E-state index contributed by atoms with van der Waals surface area (Å²) < 4.78 is 38.0. The van der Waals surface area contributed by atoms with Gasteiger partial charge in [0.2, 0.25) is 5.95 Å². The van der Waals surface area contributed by atoms with Crippen molar-refractivity contribution < 1.29 is 13.2 Å². The molecule has 2 N–H and O–H groups in total. The molecule has 10 heteroatoms. The van der Waals surface area contributed by atoms with Crippen LogP contribution in [0.3, 0.4) is 0 Å². The predicted molar refractivity (Wildman–Crippen MR) is 115 cm³/mol. The first-order valence-electron chi connectivity index (χ1n) is 10.4. The summed E-state index contributed by atoms with van der Waals surface area (Å²) in [7, 11) is 0. The number of aromatic nitrogens is 2. The predicted octanol–water partition coefficient (Wildman–Crippen LogP) is 2.37. The van der Waals surface area contributed by atoms with Crippen molar-refractivity contribution in [3.63, 3.8) is 0 Å². The summed E-state index contributed by atoms with van der Waals surface area (Å²) in [6, 6.07) is 6.92. The topological polar surface area (TPSA) is 68.7 Å². The maximum absolute atomic E-state index is 12.7. The van der Waals surface area contributed by atoms with Gasteiger partial charge >= 0.3 is 6.18 Å². The van der Waals surface area contributed by atoms with Crippen LogP contribution in [0.5, 0.6) is 0 Å². The van der Waals surface area contributed by atoms with Gasteiger partial charge in [-0.2, -0.15) is 13.2 Å². The lowest BCUT2D eigenvalue weighted by Crippen LogP contribution is -2.49. The van der Waals surface area contributed by atoms with Gasteiger partial charge in [-0.15, -0.1) is 0 Å². The lowest BCUT2D eigenvalue weighted by Gasteiger charge is -2.34. The number of hydrogen-bond acceptors (Lipinski definition) is 5. The van der Waals surface area contributed by atoms with E-state index in [1.54, 1.807) is 12.4 Å². The molecule has 0 aliphatic carbocycles. The van der Waals surface area contributed by atoms with Crippen molar-refractivity contribution in [2.75, 3.05) is 50.7 Å². The van der Waals surface area contributed by atoms with Crippen LogP contribution in [0.2, 0.25) is 0 Å². The molecule has 1 fully saturated rings. The lowest BCUT2D eigenvalue weighted by molar-refractivity contribution is -0.137. The molecule has 1 aromatic carbocycles. The van der Waals surface area contributed by atoms with Crippen molar-refractivity contribution in [2.45, 2.75) is 19.6 Å². The molecule has 1 saturated heterocycles. The highest BCUT2D eigenvalue weighted by Crippen LogP contribution is 2.29. The minimum atomic E-state index is -4.32. The Kier molecular flexibility index (Phi) is 8.05. The highest BCUT2D eigenvalue weighted by Gasteiger charge is 2.29. The van der Waals surface area contributed by atoms with Crippen LogP contribution in [0, 0.1) is 0 Å². The van der Waals surface area contributed by atoms with Crippen LogP contribution in [0.15, 0.2) is 47.7 Å². The van der Waals surface area contributed by atoms with Gasteiger partial charge in [0.25, 0.3) is 0 Å². The van der Waals surface area contributed by atoms with E-state index in [0.29, 0.717) is 19.0 Å². The van der Waals surface area contributed by atoms with Gasteiger partial charge in [0.15, 0.2) is 5.96 Å². The van der Waals surface area contributed by atoms with Crippen LogP contribution < -0.4 is 15.5 Å². The molecule has 3 rings (SSSR count). The molecule has 0 atom stereocenters. The number of halogens is 3. The van der Waals surface area contributed by atoms with Gasteiger partial charge in [-0.05, 0) is 30.7 Å². The molecular weight excluding hydrogens is 407 g/mol. The average molecular weight is 435 g/mol. The molecule has 0 unspecified atom stereocenters. The number of nitrogens with zero attached hydrogens (tertiary/aromatic N) is 5. The quantitative estimate of drug-likeness (QED) is 0.514. The fourth-order valence-corrected chi connectivity index (χ4v) is 3.27. The molecule has 7 nitrogen and oxygen atoms in total. The number of aliphatic imine (C=N–C) groups is 1. The van der Waals surface area contributed by atoms with Gasteiger partial charge in [0.05, 0.1) is 12.1 Å². The number of anilines is 1. The summed E-state index contributed by atoms with van der Waals surface area (Å²) >= 11 is 0. The Hall–Kier alpha value is -2.88. The first-order chi connectivity index (χ1) is 15.0. The van der Waals surface area contributed by atoms with Crippen LogP contribution in [0.25, 0.3) is 0 Å². The Labute approximate surface area is 180 Å². The van der Waals surface area contributed by atoms with Crippen LogP contribution in [0.1, 0.15) is 18.1 Å². The van der Waals surface area contributed by atoms with E-state index in [-0.39, 0.29) is 0 Å². The standard InChI is InChI=1S/C21H28F3N7/c1-2-25-19(29-16-17-4-6-18(7-5-17)21(22,23)24)26-10-11-30-12-14-31(15-13-30)20-27-8-3-9-28-20/h3-9H,2,10-16H2,1H3,(H2,25,26,29). The summed E-state index contributed by atoms with van der Waals surface area (Å²) in [4.78, 5) is 17.6. The van der Waals surface area contributed by atoms with Gasteiger partial charge in [0, 0.05) is 58.2 Å². The van der Waals surface area contributed by atoms with Crippen molar-refractivity contribution in [3.05, 3.63) is 53.9 Å². The number of alkyl halides is 3. The summed E-state index contributed by atoms with van der Waals surface area (Å²) in [5.41, 5.74) is 0.0774. The fourth-order valence-electron chi connectivity index (χ4n) is 3.27. The largest absolute Gasteiger partial charge is 0.416 e. The summed E-state index contributed by atoms with van der Waals surface area (Å²) in [5.74, 6) is 1.42. The molecule has 2 aromatic rings. The molecule has 31 heavy (non-hydrogen) atoms. The van der Waals surface area contributed by atoms with E-state index in [2.05, 4.69) is 35.4 Å². The average Bonchev–Trinajstić information content (AvgIpc) is 2.78. The minimum absolute atomic E-state index is 0.309. The van der Waals surface area contributed by atoms with E-state index in [9.17, 15) is 13.2 Å². The van der Waals surface area contributed by atoms with Crippen molar-refractivity contribution in [2.24, 2.45) is 4.99 Å². The third kappa shape index (κ3) is 7.09. The number of guanidine groups is 1. The highest BCUT2D eigenvalue weighted by atomic mass is 19.4. The second kappa shape index (κ2) is 10.9. The highest BCUT2D eigenvalue weighted by molar-refractivity contribution is 5.79. The Morgan fingerprint density at radius 3 is 2.32 bits per heavy atom. The molecule has 0 radical (unpaired) electrons. The normalized spacial score (nSPS) is 15.7. The van der Waals surface area contributed by atoms with E-state index in [1.807, 2.05) is 13.0 Å². The van der Waals surface area contributed by atoms with Gasteiger partial charge in [0.1, 0.15) is 0 Å². The first kappa shape index (κ1) is 22.8. The second-order valence-corrected chi connectivity index (χ2v) is 7.19. The summed E-state index contributed by atoms with van der Waals surface area (Å²) in [5, 5.41) is 6.47. The van der Waals surface area contributed by atoms with E-state index in [4.69, 9.17) is 0 Å². The monoisotopic (exact) mass is 435 g/mol. The Morgan fingerprint density at radius 1 is 1.03 bits per heavy atom. The van der Waals surface area contributed by atoms with E-state index >= 15 is 0 Å². The zero-order valence-electron chi connectivity index (χ0n) is 17.6. The number of nitrogens with one attached hydrogen (secondary N) is 2. The van der Waals surface area contributed by atoms with Crippen molar-refractivity contribution in [1.82, 2.24) is 25.5 Å². The fraction of sp³-hybridized carbons (Fsp3) is 0.476. The zero-order chi connectivity index (χ0) is 22.1. The number of piperazine rings is 1. The molecular formula is C21H28F3N7. The molecule has 0 saturated carbocycles. The summed E-state index contributed by atoms with van der Waals surface area (Å²) in [6.07, 6.45) is -0.812. The maximum Gasteiger partial charge on any atom is 0.416 e. The van der Waals surface area contributed by atoms with Crippen LogP contribution in [-0.2, 0) is 12.7 Å². The third-order valence-corrected chi connectivity index (χ3v) is 4.97. The van der Waals surface area contributed by atoms with Crippen LogP contribution in [-0.4, -0.2) is 66.6 Å². The molecule has 2 heterocycles. The van der Waals surface area contributed by atoms with Crippen LogP contribution >= 0.6 is 0 Å². The second-order valence-electron chi connectivity index (χ2n) is 7.19. The zero-order valence-corrected chi connectivity index (χ0v) is 17.6. The first-order valence-corrected chi connectivity index (χ1v) is 10.4. The van der Waals surface area contributed by atoms with E-state index < -0.39 is 11.7 Å². The van der Waals surface area contributed by atoms with Gasteiger partial charge < -0.3 is 15.5 Å². The lowest BCUT2D eigenvalue weighted by atomic mass is 10.1. The van der Waals surface area contributed by atoms with Crippen molar-refractivity contribution >= 4 is 11.9 Å². The number of hydrogen-bond donors (Lipinski definition) is 2. The molecule has 0 amide bonds. The molecule has 1 aromatic heterocycles. The molecule has 1 aliphatic heterocycles. The van der Waals surface area contributed by atoms with E-state index in [1.165, 1.54) is 12.1 Å². The Bertz CT molecular complexity index is 817. The molecule has 1 aliphatic rings. The maximum atomic E-state index is 12.7. The number of rotatable bonds is 7. The van der Waals surface area contributed by atoms with Crippen LogP contribution in [0.4, 0.5) is 19.1 Å². The summed E-state index contributed by atoms with van der Waals surface area (Å²) in [6.45, 7) is 8.20. The number of benzene rings is 1. The SMILES string of the molecule is CCNC(=NCc1ccc(C(F)(F)F)cc1)NCCN1CCN(c2ncccn2)CC1. The van der Waals surface area contributed by atoms with Crippen molar-refractivity contribution in [3.8, 4) is 0 Å². The van der Waals surface area contributed by atoms with Crippen molar-refractivity contribution in [1.29, 1.82) is 0 Å². The Morgan fingerprint density at radius 2 is 1.71 bits per heavy atom. The Balaban J connectivity index is 1.43. The van der Waals surface area contributed by atoms with Gasteiger partial charge in [-0.25, -0.2) is 15.0 Å². The van der Waals surface area contributed by atoms with Gasteiger partial charge in [-0.1, -0.05) is 12.1 Å². The molecule has 0 spiro atoms. The third-order valence-electron chi connectivity index (χ3n) is 4.97. The minimum Gasteiger partial charge on any atom is -0.357 e. The smallest absolute Gasteiger partial charge is 0.357 e.